The Hall–Kier alpha value is -3.79. The molecule has 0 unspecified atom stereocenters. The second-order valence-corrected chi connectivity index (χ2v) is 8.28. The molecule has 0 aliphatic heterocycles. The van der Waals surface area contributed by atoms with Crippen LogP contribution >= 0.6 is 11.3 Å². The van der Waals surface area contributed by atoms with E-state index < -0.39 is 5.97 Å². The Morgan fingerprint density at radius 2 is 1.94 bits per heavy atom. The average molecular weight is 466 g/mol. The summed E-state index contributed by atoms with van der Waals surface area (Å²) < 4.78 is 12.6. The van der Waals surface area contributed by atoms with Gasteiger partial charge in [-0.2, -0.15) is 5.10 Å². The van der Waals surface area contributed by atoms with Gasteiger partial charge in [0.05, 0.1) is 35.1 Å². The SMILES string of the molecule is COc1ccccc1N(C(C)=O)c1nc(COC(=O)c2cc(C)nc3c2c(C)nn3C)cs1. The third-order valence-corrected chi connectivity index (χ3v) is 5.91. The number of esters is 1. The van der Waals surface area contributed by atoms with Crippen LogP contribution in [-0.2, 0) is 23.2 Å². The molecule has 4 rings (SSSR count). The van der Waals surface area contributed by atoms with Crippen molar-refractivity contribution in [1.29, 1.82) is 0 Å². The number of carbonyl (C=O) groups is 2. The zero-order chi connectivity index (χ0) is 23.7. The van der Waals surface area contributed by atoms with Gasteiger partial charge in [0.15, 0.2) is 10.8 Å². The first-order valence-corrected chi connectivity index (χ1v) is 11.0. The predicted octanol–water partition coefficient (Wildman–Crippen LogP) is 4.09. The molecule has 0 spiro atoms. The maximum absolute atomic E-state index is 12.9. The molecule has 9 nitrogen and oxygen atoms in total. The first-order chi connectivity index (χ1) is 15.8. The number of hydrogen-bond acceptors (Lipinski definition) is 8. The van der Waals surface area contributed by atoms with Crippen molar-refractivity contribution in [1.82, 2.24) is 19.7 Å². The maximum Gasteiger partial charge on any atom is 0.339 e. The Morgan fingerprint density at radius 3 is 2.67 bits per heavy atom. The quantitative estimate of drug-likeness (QED) is 0.395. The van der Waals surface area contributed by atoms with Gasteiger partial charge in [0.1, 0.15) is 12.4 Å². The number of para-hydroxylation sites is 2. The Morgan fingerprint density at radius 1 is 1.18 bits per heavy atom. The van der Waals surface area contributed by atoms with E-state index in [0.29, 0.717) is 50.2 Å². The first kappa shape index (κ1) is 22.4. The summed E-state index contributed by atoms with van der Waals surface area (Å²) in [6.07, 6.45) is 0. The molecule has 4 aromatic rings. The van der Waals surface area contributed by atoms with Crippen molar-refractivity contribution in [3.63, 3.8) is 0 Å². The Labute approximate surface area is 194 Å². The van der Waals surface area contributed by atoms with Crippen molar-refractivity contribution >= 4 is 45.1 Å². The van der Waals surface area contributed by atoms with Crippen LogP contribution in [0.1, 0.15) is 34.4 Å². The second-order valence-electron chi connectivity index (χ2n) is 7.44. The van der Waals surface area contributed by atoms with Gasteiger partial charge in [-0.3, -0.25) is 14.4 Å². The van der Waals surface area contributed by atoms with Crippen molar-refractivity contribution in [2.45, 2.75) is 27.4 Å². The van der Waals surface area contributed by atoms with E-state index in [9.17, 15) is 9.59 Å². The van der Waals surface area contributed by atoms with E-state index in [2.05, 4.69) is 15.1 Å². The zero-order valence-electron chi connectivity index (χ0n) is 18.9. The van der Waals surface area contributed by atoms with Crippen LogP contribution in [0.3, 0.4) is 0 Å². The first-order valence-electron chi connectivity index (χ1n) is 10.2. The van der Waals surface area contributed by atoms with Gasteiger partial charge in [0.2, 0.25) is 5.91 Å². The number of anilines is 2. The molecule has 33 heavy (non-hydrogen) atoms. The number of ether oxygens (including phenoxy) is 2. The minimum absolute atomic E-state index is 0.0326. The average Bonchev–Trinajstić information content (AvgIpc) is 3.36. The summed E-state index contributed by atoms with van der Waals surface area (Å²) in [6, 6.07) is 8.91. The summed E-state index contributed by atoms with van der Waals surface area (Å²) in [5.74, 6) is -0.136. The van der Waals surface area contributed by atoms with Gasteiger partial charge in [-0.25, -0.2) is 14.8 Å². The lowest BCUT2D eigenvalue weighted by atomic mass is 10.1. The molecule has 0 saturated carbocycles. The molecule has 0 N–H and O–H groups in total. The van der Waals surface area contributed by atoms with Crippen LogP contribution in [0.2, 0.25) is 0 Å². The van der Waals surface area contributed by atoms with E-state index in [1.807, 2.05) is 26.0 Å². The number of amides is 1. The van der Waals surface area contributed by atoms with Crippen molar-refractivity contribution in [3.8, 4) is 5.75 Å². The Kier molecular flexibility index (Phi) is 6.10. The van der Waals surface area contributed by atoms with Crippen LogP contribution in [0.5, 0.6) is 5.75 Å². The smallest absolute Gasteiger partial charge is 0.339 e. The van der Waals surface area contributed by atoms with Gasteiger partial charge in [-0.1, -0.05) is 12.1 Å². The molecule has 3 heterocycles. The molecule has 0 aliphatic rings. The molecule has 3 aromatic heterocycles. The number of fused-ring (bicyclic) bond motifs is 1. The fourth-order valence-electron chi connectivity index (χ4n) is 3.64. The normalized spacial score (nSPS) is 10.9. The third kappa shape index (κ3) is 4.29. The zero-order valence-corrected chi connectivity index (χ0v) is 19.8. The number of hydrogen-bond donors (Lipinski definition) is 0. The lowest BCUT2D eigenvalue weighted by Gasteiger charge is -2.20. The van der Waals surface area contributed by atoms with E-state index in [-0.39, 0.29) is 12.5 Å². The summed E-state index contributed by atoms with van der Waals surface area (Å²) in [6.45, 7) is 5.08. The molecule has 0 saturated heterocycles. The second kappa shape index (κ2) is 8.99. The molecular weight excluding hydrogens is 442 g/mol. The highest BCUT2D eigenvalue weighted by atomic mass is 32.1. The van der Waals surface area contributed by atoms with Crippen LogP contribution in [-0.4, -0.2) is 38.7 Å². The highest BCUT2D eigenvalue weighted by molar-refractivity contribution is 7.14. The summed E-state index contributed by atoms with van der Waals surface area (Å²) >= 11 is 1.28. The number of benzene rings is 1. The van der Waals surface area contributed by atoms with Crippen molar-refractivity contribution in [2.24, 2.45) is 7.05 Å². The number of thiazole rings is 1. The van der Waals surface area contributed by atoms with Gasteiger partial charge < -0.3 is 9.47 Å². The fourth-order valence-corrected chi connectivity index (χ4v) is 4.50. The van der Waals surface area contributed by atoms with Gasteiger partial charge in [-0.05, 0) is 32.0 Å². The predicted molar refractivity (Wildman–Crippen MR) is 125 cm³/mol. The van der Waals surface area contributed by atoms with Gasteiger partial charge in [0.25, 0.3) is 0 Å². The van der Waals surface area contributed by atoms with E-state index >= 15 is 0 Å². The van der Waals surface area contributed by atoms with Crippen molar-refractivity contribution < 1.29 is 19.1 Å². The molecular formula is C23H23N5O4S. The van der Waals surface area contributed by atoms with Crippen LogP contribution in [0.4, 0.5) is 10.8 Å². The summed E-state index contributed by atoms with van der Waals surface area (Å²) in [7, 11) is 3.34. The third-order valence-electron chi connectivity index (χ3n) is 5.04. The number of nitrogens with zero attached hydrogens (tertiary/aromatic N) is 5. The Bertz CT molecular complexity index is 1360. The number of carbonyl (C=O) groups excluding carboxylic acids is 2. The Balaban J connectivity index is 1.57. The van der Waals surface area contributed by atoms with Crippen molar-refractivity contribution in [3.05, 3.63) is 58.4 Å². The molecule has 10 heteroatoms. The summed E-state index contributed by atoms with van der Waals surface area (Å²) in [5, 5.41) is 7.26. The summed E-state index contributed by atoms with van der Waals surface area (Å²) in [4.78, 5) is 35.8. The monoisotopic (exact) mass is 465 g/mol. The number of rotatable bonds is 6. The molecule has 0 fully saturated rings. The topological polar surface area (TPSA) is 99.4 Å². The summed E-state index contributed by atoms with van der Waals surface area (Å²) in [5.41, 5.74) is 3.57. The molecule has 0 aliphatic carbocycles. The highest BCUT2D eigenvalue weighted by Gasteiger charge is 2.22. The lowest BCUT2D eigenvalue weighted by Crippen LogP contribution is -2.23. The molecule has 0 atom stereocenters. The largest absolute Gasteiger partial charge is 0.495 e. The fraction of sp³-hybridized carbons (Fsp3) is 0.261. The molecule has 0 radical (unpaired) electrons. The minimum Gasteiger partial charge on any atom is -0.495 e. The van der Waals surface area contributed by atoms with E-state index in [1.165, 1.54) is 23.2 Å². The number of pyridine rings is 1. The number of methoxy groups -OCH3 is 1. The molecule has 170 valence electrons. The molecule has 1 amide bonds. The van der Waals surface area contributed by atoms with E-state index in [1.54, 1.807) is 42.4 Å². The van der Waals surface area contributed by atoms with Gasteiger partial charge in [-0.15, -0.1) is 11.3 Å². The van der Waals surface area contributed by atoms with E-state index in [0.717, 1.165) is 0 Å². The molecule has 1 aromatic carbocycles. The van der Waals surface area contributed by atoms with Crippen LogP contribution in [0.25, 0.3) is 11.0 Å². The lowest BCUT2D eigenvalue weighted by molar-refractivity contribution is -0.115. The number of aryl methyl sites for hydroxylation is 3. The van der Waals surface area contributed by atoms with Crippen LogP contribution in [0, 0.1) is 13.8 Å². The van der Waals surface area contributed by atoms with E-state index in [4.69, 9.17) is 9.47 Å². The highest BCUT2D eigenvalue weighted by Crippen LogP contribution is 2.35. The van der Waals surface area contributed by atoms with Gasteiger partial charge in [0, 0.05) is 25.0 Å². The van der Waals surface area contributed by atoms with Crippen molar-refractivity contribution in [2.75, 3.05) is 12.0 Å². The number of aromatic nitrogens is 4. The minimum atomic E-state index is -0.482. The van der Waals surface area contributed by atoms with Crippen LogP contribution < -0.4 is 9.64 Å². The standard InChI is InChI=1S/C23H23N5O4S/c1-13-10-17(20-14(2)26-27(4)21(20)24-13)22(30)32-11-16-12-33-23(25-16)28(15(3)29)18-8-6-7-9-19(18)31-5/h6-10,12H,11H2,1-5H3. The van der Waals surface area contributed by atoms with Crippen LogP contribution in [0.15, 0.2) is 35.7 Å². The van der Waals surface area contributed by atoms with Gasteiger partial charge >= 0.3 is 5.97 Å². The maximum atomic E-state index is 12.9. The molecule has 0 bridgehead atoms.